The highest BCUT2D eigenvalue weighted by Crippen LogP contribution is 2.27. The molecule has 0 unspecified atom stereocenters. The highest BCUT2D eigenvalue weighted by molar-refractivity contribution is 7.80. The largest absolute Gasteiger partial charge is 0.389 e. The zero-order chi connectivity index (χ0) is 13.8. The zero-order valence-corrected chi connectivity index (χ0v) is 11.9. The number of pyridine rings is 1. The van der Waals surface area contributed by atoms with E-state index in [1.807, 2.05) is 30.3 Å². The number of nitrogens with zero attached hydrogens (tertiary/aromatic N) is 1. The van der Waals surface area contributed by atoms with Crippen molar-refractivity contribution < 1.29 is 0 Å². The topological polar surface area (TPSA) is 50.9 Å². The van der Waals surface area contributed by atoms with Crippen molar-refractivity contribution in [1.29, 1.82) is 0 Å². The fourth-order valence-corrected chi connectivity index (χ4v) is 2.11. The Kier molecular flexibility index (Phi) is 4.12. The van der Waals surface area contributed by atoms with Crippen LogP contribution in [0.25, 0.3) is 0 Å². The van der Waals surface area contributed by atoms with Crippen LogP contribution < -0.4 is 11.1 Å². The molecule has 1 aromatic carbocycles. The molecule has 2 aromatic rings. The summed E-state index contributed by atoms with van der Waals surface area (Å²) in [4.78, 5) is 4.66. The standard InChI is InChI=1S/C15H17N3S/c1-10(2)11-6-3-4-8-13(11)18-15-12(14(16)19)7-5-9-17-15/h3-10H,1-2H3,(H2,16,19)(H,17,18). The monoisotopic (exact) mass is 271 g/mol. The second kappa shape index (κ2) is 5.80. The van der Waals surface area contributed by atoms with Gasteiger partial charge in [0.25, 0.3) is 0 Å². The van der Waals surface area contributed by atoms with Crippen LogP contribution in [-0.4, -0.2) is 9.97 Å². The molecular weight excluding hydrogens is 254 g/mol. The SMILES string of the molecule is CC(C)c1ccccc1Nc1ncccc1C(N)=S. The first-order valence-electron chi connectivity index (χ1n) is 6.20. The van der Waals surface area contributed by atoms with E-state index in [-0.39, 0.29) is 0 Å². The highest BCUT2D eigenvalue weighted by atomic mass is 32.1. The normalized spacial score (nSPS) is 10.5. The fourth-order valence-electron chi connectivity index (χ4n) is 1.95. The molecule has 0 aliphatic heterocycles. The number of nitrogens with two attached hydrogens (primary N) is 1. The van der Waals surface area contributed by atoms with Crippen molar-refractivity contribution in [1.82, 2.24) is 4.98 Å². The van der Waals surface area contributed by atoms with E-state index in [0.29, 0.717) is 16.7 Å². The highest BCUT2D eigenvalue weighted by Gasteiger charge is 2.10. The molecule has 19 heavy (non-hydrogen) atoms. The molecule has 0 bridgehead atoms. The van der Waals surface area contributed by atoms with Crippen molar-refractivity contribution in [2.24, 2.45) is 5.73 Å². The Bertz CT molecular complexity index is 593. The summed E-state index contributed by atoms with van der Waals surface area (Å²) in [6.45, 7) is 4.32. The van der Waals surface area contributed by atoms with E-state index in [0.717, 1.165) is 11.3 Å². The number of anilines is 2. The lowest BCUT2D eigenvalue weighted by Gasteiger charge is -2.15. The molecule has 98 valence electrons. The van der Waals surface area contributed by atoms with Gasteiger partial charge in [0.2, 0.25) is 0 Å². The Hall–Kier alpha value is -1.94. The number of thiocarbonyl (C=S) groups is 1. The van der Waals surface area contributed by atoms with Gasteiger partial charge in [0, 0.05) is 11.9 Å². The average Bonchev–Trinajstić information content (AvgIpc) is 2.39. The lowest BCUT2D eigenvalue weighted by molar-refractivity contribution is 0.869. The number of hydrogen-bond donors (Lipinski definition) is 2. The van der Waals surface area contributed by atoms with Crippen LogP contribution in [0.15, 0.2) is 42.6 Å². The van der Waals surface area contributed by atoms with Crippen molar-refractivity contribution in [3.63, 3.8) is 0 Å². The molecule has 0 fully saturated rings. The number of para-hydroxylation sites is 1. The minimum Gasteiger partial charge on any atom is -0.389 e. The molecule has 4 heteroatoms. The number of hydrogen-bond acceptors (Lipinski definition) is 3. The number of rotatable bonds is 4. The zero-order valence-electron chi connectivity index (χ0n) is 11.1. The second-order valence-corrected chi connectivity index (χ2v) is 5.07. The van der Waals surface area contributed by atoms with Crippen LogP contribution in [0, 0.1) is 0 Å². The second-order valence-electron chi connectivity index (χ2n) is 4.63. The van der Waals surface area contributed by atoms with E-state index in [4.69, 9.17) is 18.0 Å². The van der Waals surface area contributed by atoms with Gasteiger partial charge < -0.3 is 11.1 Å². The van der Waals surface area contributed by atoms with Gasteiger partial charge in [-0.1, -0.05) is 44.3 Å². The van der Waals surface area contributed by atoms with Gasteiger partial charge in [0.15, 0.2) is 0 Å². The van der Waals surface area contributed by atoms with Crippen molar-refractivity contribution in [3.8, 4) is 0 Å². The summed E-state index contributed by atoms with van der Waals surface area (Å²) in [5.74, 6) is 1.13. The van der Waals surface area contributed by atoms with E-state index in [1.165, 1.54) is 5.56 Å². The van der Waals surface area contributed by atoms with Gasteiger partial charge in [-0.05, 0) is 29.7 Å². The lowest BCUT2D eigenvalue weighted by atomic mass is 10.0. The van der Waals surface area contributed by atoms with Crippen LogP contribution in [0.4, 0.5) is 11.5 Å². The van der Waals surface area contributed by atoms with E-state index >= 15 is 0 Å². The Balaban J connectivity index is 2.39. The quantitative estimate of drug-likeness (QED) is 0.834. The van der Waals surface area contributed by atoms with Crippen LogP contribution in [0.3, 0.4) is 0 Å². The summed E-state index contributed by atoms with van der Waals surface area (Å²) < 4.78 is 0. The maximum atomic E-state index is 5.72. The average molecular weight is 271 g/mol. The van der Waals surface area contributed by atoms with Gasteiger partial charge in [0.1, 0.15) is 10.8 Å². The van der Waals surface area contributed by atoms with E-state index < -0.39 is 0 Å². The molecule has 0 amide bonds. The Labute approximate surface area is 118 Å². The summed E-state index contributed by atoms with van der Waals surface area (Å²) in [5, 5.41) is 3.33. The molecule has 0 aliphatic rings. The maximum absolute atomic E-state index is 5.72. The Morgan fingerprint density at radius 3 is 2.63 bits per heavy atom. The van der Waals surface area contributed by atoms with Gasteiger partial charge in [0.05, 0.1) is 5.56 Å². The van der Waals surface area contributed by atoms with Crippen molar-refractivity contribution in [3.05, 3.63) is 53.7 Å². The third-order valence-electron chi connectivity index (χ3n) is 2.91. The molecule has 3 nitrogen and oxygen atoms in total. The molecule has 1 heterocycles. The van der Waals surface area contributed by atoms with Gasteiger partial charge in [-0.15, -0.1) is 0 Å². The van der Waals surface area contributed by atoms with Gasteiger partial charge >= 0.3 is 0 Å². The van der Waals surface area contributed by atoms with Crippen molar-refractivity contribution in [2.45, 2.75) is 19.8 Å². The maximum Gasteiger partial charge on any atom is 0.140 e. The van der Waals surface area contributed by atoms with Gasteiger partial charge in [-0.3, -0.25) is 0 Å². The molecule has 0 saturated heterocycles. The van der Waals surface area contributed by atoms with E-state index in [9.17, 15) is 0 Å². The van der Waals surface area contributed by atoms with Gasteiger partial charge in [-0.25, -0.2) is 4.98 Å². The molecular formula is C15H17N3S. The summed E-state index contributed by atoms with van der Waals surface area (Å²) in [5.41, 5.74) is 8.75. The summed E-state index contributed by atoms with van der Waals surface area (Å²) in [6, 6.07) is 11.9. The summed E-state index contributed by atoms with van der Waals surface area (Å²) >= 11 is 5.05. The molecule has 0 aliphatic carbocycles. The molecule has 0 atom stereocenters. The first-order valence-corrected chi connectivity index (χ1v) is 6.61. The molecule has 0 spiro atoms. The Morgan fingerprint density at radius 1 is 1.21 bits per heavy atom. The van der Waals surface area contributed by atoms with E-state index in [2.05, 4.69) is 30.2 Å². The minimum absolute atomic E-state index is 0.345. The molecule has 0 radical (unpaired) electrons. The third kappa shape index (κ3) is 3.09. The van der Waals surface area contributed by atoms with Crippen molar-refractivity contribution in [2.75, 3.05) is 5.32 Å². The molecule has 1 aromatic heterocycles. The number of nitrogens with one attached hydrogen (secondary N) is 1. The van der Waals surface area contributed by atoms with Crippen LogP contribution >= 0.6 is 12.2 Å². The smallest absolute Gasteiger partial charge is 0.140 e. The summed E-state index contributed by atoms with van der Waals surface area (Å²) in [6.07, 6.45) is 1.72. The molecule has 2 rings (SSSR count). The fraction of sp³-hybridized carbons (Fsp3) is 0.200. The first-order chi connectivity index (χ1) is 9.09. The summed E-state index contributed by atoms with van der Waals surface area (Å²) in [7, 11) is 0. The molecule has 0 saturated carbocycles. The minimum atomic E-state index is 0.345. The van der Waals surface area contributed by atoms with E-state index in [1.54, 1.807) is 6.20 Å². The predicted octanol–water partition coefficient (Wildman–Crippen LogP) is 3.58. The Morgan fingerprint density at radius 2 is 1.95 bits per heavy atom. The first kappa shape index (κ1) is 13.5. The lowest BCUT2D eigenvalue weighted by Crippen LogP contribution is -2.13. The number of aromatic nitrogens is 1. The predicted molar refractivity (Wildman–Crippen MR) is 83.9 cm³/mol. The van der Waals surface area contributed by atoms with Crippen LogP contribution in [-0.2, 0) is 0 Å². The molecule has 3 N–H and O–H groups in total. The van der Waals surface area contributed by atoms with Crippen molar-refractivity contribution >= 4 is 28.7 Å². The van der Waals surface area contributed by atoms with Crippen LogP contribution in [0.2, 0.25) is 0 Å². The third-order valence-corrected chi connectivity index (χ3v) is 3.13. The number of benzene rings is 1. The van der Waals surface area contributed by atoms with Crippen LogP contribution in [0.5, 0.6) is 0 Å². The van der Waals surface area contributed by atoms with Crippen LogP contribution in [0.1, 0.15) is 30.9 Å². The van der Waals surface area contributed by atoms with Gasteiger partial charge in [-0.2, -0.15) is 0 Å².